The Labute approximate surface area is 108 Å². The first-order valence-corrected chi connectivity index (χ1v) is 6.63. The molecule has 0 bridgehead atoms. The number of nitrogens with zero attached hydrogens (tertiary/aromatic N) is 2. The van der Waals surface area contributed by atoms with Crippen LogP contribution < -0.4 is 5.32 Å². The Morgan fingerprint density at radius 2 is 2.50 bits per heavy atom. The Morgan fingerprint density at radius 3 is 3.22 bits per heavy atom. The lowest BCUT2D eigenvalue weighted by Crippen LogP contribution is -2.41. The Hall–Kier alpha value is -0.910. The lowest BCUT2D eigenvalue weighted by molar-refractivity contribution is 0.0823. The first-order valence-electron chi connectivity index (χ1n) is 6.63. The van der Waals surface area contributed by atoms with Crippen molar-refractivity contribution in [1.82, 2.24) is 14.9 Å². The standard InChI is InChI=1S/C13H23N3O2/c1-4-16-7-6-14-13(16)12-11(5-8-18-12)15-10(2)9-17-3/h6-7,10-12,15H,4-5,8-9H2,1-3H3/t10?,11-,12-/m0/s1. The van der Waals surface area contributed by atoms with Crippen LogP contribution in [-0.4, -0.2) is 42.0 Å². The maximum atomic E-state index is 5.84. The highest BCUT2D eigenvalue weighted by Gasteiger charge is 2.33. The smallest absolute Gasteiger partial charge is 0.139 e. The van der Waals surface area contributed by atoms with Crippen LogP contribution >= 0.6 is 0 Å². The summed E-state index contributed by atoms with van der Waals surface area (Å²) in [5, 5.41) is 3.57. The maximum Gasteiger partial charge on any atom is 0.139 e. The number of rotatable bonds is 6. The molecule has 1 N–H and O–H groups in total. The van der Waals surface area contributed by atoms with Gasteiger partial charge in [-0.2, -0.15) is 0 Å². The predicted molar refractivity (Wildman–Crippen MR) is 69.5 cm³/mol. The number of ether oxygens (including phenoxy) is 2. The largest absolute Gasteiger partial charge is 0.383 e. The van der Waals surface area contributed by atoms with Gasteiger partial charge in [-0.05, 0) is 20.3 Å². The van der Waals surface area contributed by atoms with E-state index in [9.17, 15) is 0 Å². The topological polar surface area (TPSA) is 48.3 Å². The van der Waals surface area contributed by atoms with Gasteiger partial charge in [0.15, 0.2) is 0 Å². The Bertz CT molecular complexity index is 367. The molecule has 102 valence electrons. The van der Waals surface area contributed by atoms with Crippen molar-refractivity contribution < 1.29 is 9.47 Å². The second-order valence-electron chi connectivity index (χ2n) is 4.78. The summed E-state index contributed by atoms with van der Waals surface area (Å²) in [4.78, 5) is 4.44. The van der Waals surface area contributed by atoms with E-state index in [0.717, 1.165) is 25.4 Å². The van der Waals surface area contributed by atoms with Gasteiger partial charge in [-0.3, -0.25) is 0 Å². The minimum Gasteiger partial charge on any atom is -0.383 e. The van der Waals surface area contributed by atoms with E-state index < -0.39 is 0 Å². The van der Waals surface area contributed by atoms with Crippen molar-refractivity contribution in [2.24, 2.45) is 0 Å². The summed E-state index contributed by atoms with van der Waals surface area (Å²) in [6.45, 7) is 6.68. The van der Waals surface area contributed by atoms with Crippen molar-refractivity contribution in [2.75, 3.05) is 20.3 Å². The molecular formula is C13H23N3O2. The van der Waals surface area contributed by atoms with Crippen molar-refractivity contribution in [2.45, 2.75) is 45.0 Å². The number of aromatic nitrogens is 2. The fraction of sp³-hybridized carbons (Fsp3) is 0.769. The van der Waals surface area contributed by atoms with Crippen LogP contribution in [0.25, 0.3) is 0 Å². The van der Waals surface area contributed by atoms with Gasteiger partial charge < -0.3 is 19.4 Å². The van der Waals surface area contributed by atoms with Crippen molar-refractivity contribution in [1.29, 1.82) is 0 Å². The number of nitrogens with one attached hydrogen (secondary N) is 1. The Morgan fingerprint density at radius 1 is 1.67 bits per heavy atom. The summed E-state index contributed by atoms with van der Waals surface area (Å²) in [5.74, 6) is 1.03. The van der Waals surface area contributed by atoms with E-state index in [2.05, 4.69) is 28.7 Å². The van der Waals surface area contributed by atoms with Crippen LogP contribution in [0.15, 0.2) is 12.4 Å². The molecule has 5 nitrogen and oxygen atoms in total. The van der Waals surface area contributed by atoms with E-state index in [1.54, 1.807) is 7.11 Å². The first kappa shape index (κ1) is 13.5. The molecule has 1 unspecified atom stereocenters. The summed E-state index contributed by atoms with van der Waals surface area (Å²) in [5.41, 5.74) is 0. The van der Waals surface area contributed by atoms with Crippen molar-refractivity contribution in [3.63, 3.8) is 0 Å². The third-order valence-corrected chi connectivity index (χ3v) is 3.35. The lowest BCUT2D eigenvalue weighted by atomic mass is 10.1. The Kier molecular flexibility index (Phi) is 4.74. The zero-order chi connectivity index (χ0) is 13.0. The molecule has 0 amide bonds. The van der Waals surface area contributed by atoms with Crippen LogP contribution in [0.2, 0.25) is 0 Å². The fourth-order valence-corrected chi connectivity index (χ4v) is 2.52. The summed E-state index contributed by atoms with van der Waals surface area (Å²) < 4.78 is 13.1. The average molecular weight is 253 g/mol. The molecule has 1 aliphatic heterocycles. The van der Waals surface area contributed by atoms with E-state index >= 15 is 0 Å². The van der Waals surface area contributed by atoms with E-state index in [0.29, 0.717) is 18.7 Å². The molecule has 0 aliphatic carbocycles. The summed E-state index contributed by atoms with van der Waals surface area (Å²) >= 11 is 0. The van der Waals surface area contributed by atoms with Gasteiger partial charge in [0.05, 0.1) is 6.61 Å². The number of imidazole rings is 1. The van der Waals surface area contributed by atoms with Crippen LogP contribution in [0, 0.1) is 0 Å². The van der Waals surface area contributed by atoms with E-state index in [-0.39, 0.29) is 6.10 Å². The fourth-order valence-electron chi connectivity index (χ4n) is 2.52. The molecule has 2 rings (SSSR count). The van der Waals surface area contributed by atoms with E-state index in [1.807, 2.05) is 12.4 Å². The zero-order valence-electron chi connectivity index (χ0n) is 11.4. The SMILES string of the molecule is CCn1ccnc1[C@H]1OCC[C@@H]1NC(C)COC. The van der Waals surface area contributed by atoms with Crippen LogP contribution in [0.3, 0.4) is 0 Å². The molecule has 1 aromatic heterocycles. The molecule has 1 saturated heterocycles. The molecule has 1 aromatic rings. The molecule has 2 heterocycles. The highest BCUT2D eigenvalue weighted by atomic mass is 16.5. The number of hydrogen-bond donors (Lipinski definition) is 1. The van der Waals surface area contributed by atoms with Crippen LogP contribution in [0.4, 0.5) is 0 Å². The third-order valence-electron chi connectivity index (χ3n) is 3.35. The van der Waals surface area contributed by atoms with Gasteiger partial charge in [-0.15, -0.1) is 0 Å². The maximum absolute atomic E-state index is 5.84. The molecule has 1 aliphatic rings. The van der Waals surface area contributed by atoms with Gasteiger partial charge in [0.25, 0.3) is 0 Å². The minimum atomic E-state index is 0.0549. The molecule has 0 spiro atoms. The number of methoxy groups -OCH3 is 1. The summed E-state index contributed by atoms with van der Waals surface area (Å²) in [6, 6.07) is 0.650. The van der Waals surface area contributed by atoms with Gasteiger partial charge in [0, 0.05) is 44.7 Å². The first-order chi connectivity index (χ1) is 8.76. The average Bonchev–Trinajstić information content (AvgIpc) is 2.96. The molecule has 0 saturated carbocycles. The van der Waals surface area contributed by atoms with E-state index in [1.165, 1.54) is 0 Å². The van der Waals surface area contributed by atoms with Crippen molar-refractivity contribution >= 4 is 0 Å². The van der Waals surface area contributed by atoms with Crippen molar-refractivity contribution in [3.8, 4) is 0 Å². The summed E-state index contributed by atoms with van der Waals surface area (Å²) in [6.07, 6.45) is 4.93. The van der Waals surface area contributed by atoms with Crippen LogP contribution in [0.5, 0.6) is 0 Å². The molecule has 18 heavy (non-hydrogen) atoms. The highest BCUT2D eigenvalue weighted by molar-refractivity contribution is 5.03. The summed E-state index contributed by atoms with van der Waals surface area (Å²) in [7, 11) is 1.73. The van der Waals surface area contributed by atoms with Gasteiger partial charge in [0.1, 0.15) is 11.9 Å². The Balaban J connectivity index is 2.03. The van der Waals surface area contributed by atoms with Crippen molar-refractivity contribution in [3.05, 3.63) is 18.2 Å². The third kappa shape index (κ3) is 2.91. The normalized spacial score (nSPS) is 25.5. The minimum absolute atomic E-state index is 0.0549. The van der Waals surface area contributed by atoms with Gasteiger partial charge in [-0.1, -0.05) is 0 Å². The number of hydrogen-bond acceptors (Lipinski definition) is 4. The predicted octanol–water partition coefficient (Wildman–Crippen LogP) is 1.36. The van der Waals surface area contributed by atoms with Gasteiger partial charge in [0.2, 0.25) is 0 Å². The lowest BCUT2D eigenvalue weighted by Gasteiger charge is -2.23. The monoisotopic (exact) mass is 253 g/mol. The van der Waals surface area contributed by atoms with Gasteiger partial charge >= 0.3 is 0 Å². The second kappa shape index (κ2) is 6.31. The van der Waals surface area contributed by atoms with E-state index in [4.69, 9.17) is 9.47 Å². The molecule has 0 radical (unpaired) electrons. The second-order valence-corrected chi connectivity index (χ2v) is 4.78. The molecule has 0 aromatic carbocycles. The highest BCUT2D eigenvalue weighted by Crippen LogP contribution is 2.28. The molecule has 3 atom stereocenters. The zero-order valence-corrected chi connectivity index (χ0v) is 11.4. The molecule has 1 fully saturated rings. The quantitative estimate of drug-likeness (QED) is 0.831. The van der Waals surface area contributed by atoms with Crippen LogP contribution in [-0.2, 0) is 16.0 Å². The van der Waals surface area contributed by atoms with Crippen LogP contribution in [0.1, 0.15) is 32.2 Å². The number of aryl methyl sites for hydroxylation is 1. The molecular weight excluding hydrogens is 230 g/mol. The molecule has 5 heteroatoms. The van der Waals surface area contributed by atoms with Gasteiger partial charge in [-0.25, -0.2) is 4.98 Å².